The highest BCUT2D eigenvalue weighted by molar-refractivity contribution is 7.80. The summed E-state index contributed by atoms with van der Waals surface area (Å²) in [5.74, 6) is 3.10. The van der Waals surface area contributed by atoms with E-state index in [1.54, 1.807) is 0 Å². The van der Waals surface area contributed by atoms with Gasteiger partial charge in [0.1, 0.15) is 0 Å². The summed E-state index contributed by atoms with van der Waals surface area (Å²) in [6, 6.07) is 0. The zero-order valence-electron chi connectivity index (χ0n) is 13.1. The van der Waals surface area contributed by atoms with Crippen LogP contribution < -0.4 is 21.3 Å². The Labute approximate surface area is 136 Å². The van der Waals surface area contributed by atoms with Crippen molar-refractivity contribution in [2.24, 2.45) is 11.8 Å². The van der Waals surface area contributed by atoms with Crippen molar-refractivity contribution in [2.75, 3.05) is 64.4 Å². The summed E-state index contributed by atoms with van der Waals surface area (Å²) >= 11 is 8.76. The quantitative estimate of drug-likeness (QED) is 0.196. The minimum absolute atomic E-state index is 0.616. The molecular weight excluding hydrogens is 288 g/mol. The molecule has 2 atom stereocenters. The lowest BCUT2D eigenvalue weighted by Crippen LogP contribution is -2.34. The molecule has 2 unspecified atom stereocenters. The highest BCUT2D eigenvalue weighted by atomic mass is 32.1. The highest BCUT2D eigenvalue weighted by Gasteiger charge is 2.05. The van der Waals surface area contributed by atoms with Crippen molar-refractivity contribution >= 4 is 25.3 Å². The number of nitrogens with one attached hydrogen (secondary N) is 4. The molecule has 0 aromatic carbocycles. The Bertz CT molecular complexity index is 196. The first kappa shape index (κ1) is 20.5. The normalized spacial score (nSPS) is 14.4. The molecule has 0 heterocycles. The van der Waals surface area contributed by atoms with Gasteiger partial charge < -0.3 is 21.3 Å². The Morgan fingerprint density at radius 2 is 1.30 bits per heavy atom. The molecule has 0 radical (unpaired) electrons. The van der Waals surface area contributed by atoms with Crippen LogP contribution in [0.25, 0.3) is 0 Å². The maximum Gasteiger partial charge on any atom is -0.0000541 e. The molecule has 0 aromatic heterocycles. The average Bonchev–Trinajstić information content (AvgIpc) is 2.48. The fourth-order valence-electron chi connectivity index (χ4n) is 1.99. The van der Waals surface area contributed by atoms with Crippen LogP contribution in [0.5, 0.6) is 0 Å². The molecule has 4 N–H and O–H groups in total. The standard InChI is InChI=1S/C14H34N4S2/c1-3-16-8-14(12-20)10-18-6-4-5-17-9-13(11-19)7-15-2/h13-20H,3-12H2,1-2H3. The fraction of sp³-hybridized carbons (Fsp3) is 1.00. The molecule has 0 saturated heterocycles. The number of hydrogen-bond acceptors (Lipinski definition) is 6. The van der Waals surface area contributed by atoms with Gasteiger partial charge in [-0.15, -0.1) is 0 Å². The lowest BCUT2D eigenvalue weighted by Gasteiger charge is -2.16. The minimum Gasteiger partial charge on any atom is -0.319 e. The molecule has 0 amide bonds. The molecule has 0 saturated carbocycles. The van der Waals surface area contributed by atoms with Gasteiger partial charge in [-0.3, -0.25) is 0 Å². The molecular formula is C14H34N4S2. The molecule has 4 nitrogen and oxygen atoms in total. The molecule has 122 valence electrons. The predicted octanol–water partition coefficient (Wildman–Crippen LogP) is 0.477. The summed E-state index contributed by atoms with van der Waals surface area (Å²) in [7, 11) is 1.99. The summed E-state index contributed by atoms with van der Waals surface area (Å²) in [6.45, 7) is 9.50. The third-order valence-corrected chi connectivity index (χ3v) is 4.30. The first-order valence-corrected chi connectivity index (χ1v) is 9.03. The van der Waals surface area contributed by atoms with E-state index in [0.717, 1.165) is 57.3 Å². The Balaban J connectivity index is 3.38. The van der Waals surface area contributed by atoms with E-state index in [0.29, 0.717) is 11.8 Å². The second-order valence-electron chi connectivity index (χ2n) is 5.22. The van der Waals surface area contributed by atoms with Crippen LogP contribution >= 0.6 is 25.3 Å². The summed E-state index contributed by atoms with van der Waals surface area (Å²) in [4.78, 5) is 0. The average molecular weight is 323 g/mol. The Kier molecular flexibility index (Phi) is 16.3. The lowest BCUT2D eigenvalue weighted by atomic mass is 10.1. The first-order valence-electron chi connectivity index (χ1n) is 7.76. The van der Waals surface area contributed by atoms with Crippen molar-refractivity contribution in [1.82, 2.24) is 21.3 Å². The van der Waals surface area contributed by atoms with Gasteiger partial charge in [0, 0.05) is 0 Å². The van der Waals surface area contributed by atoms with Crippen LogP contribution in [0.3, 0.4) is 0 Å². The second kappa shape index (κ2) is 15.9. The predicted molar refractivity (Wildman–Crippen MR) is 97.5 cm³/mol. The number of rotatable bonds is 15. The zero-order valence-corrected chi connectivity index (χ0v) is 14.9. The molecule has 6 heteroatoms. The summed E-state index contributed by atoms with van der Waals surface area (Å²) in [6.07, 6.45) is 1.17. The van der Waals surface area contributed by atoms with Crippen molar-refractivity contribution in [3.63, 3.8) is 0 Å². The molecule has 0 spiro atoms. The monoisotopic (exact) mass is 322 g/mol. The highest BCUT2D eigenvalue weighted by Crippen LogP contribution is 1.96. The van der Waals surface area contributed by atoms with Gasteiger partial charge >= 0.3 is 0 Å². The maximum atomic E-state index is 4.39. The minimum atomic E-state index is 0.616. The Morgan fingerprint density at radius 3 is 1.75 bits per heavy atom. The summed E-state index contributed by atoms with van der Waals surface area (Å²) in [5, 5.41) is 13.6. The van der Waals surface area contributed by atoms with Crippen molar-refractivity contribution in [3.8, 4) is 0 Å². The van der Waals surface area contributed by atoms with Gasteiger partial charge in [-0.1, -0.05) is 6.92 Å². The summed E-state index contributed by atoms with van der Waals surface area (Å²) < 4.78 is 0. The smallest absolute Gasteiger partial charge is 0.0000541 e. The van der Waals surface area contributed by atoms with E-state index >= 15 is 0 Å². The van der Waals surface area contributed by atoms with Crippen molar-refractivity contribution in [3.05, 3.63) is 0 Å². The lowest BCUT2D eigenvalue weighted by molar-refractivity contribution is 0.466. The first-order chi connectivity index (χ1) is 9.78. The summed E-state index contributed by atoms with van der Waals surface area (Å²) in [5.41, 5.74) is 0. The zero-order chi connectivity index (χ0) is 15.1. The van der Waals surface area contributed by atoms with E-state index in [1.165, 1.54) is 6.42 Å². The van der Waals surface area contributed by atoms with Gasteiger partial charge in [-0.2, -0.15) is 25.3 Å². The topological polar surface area (TPSA) is 48.1 Å². The van der Waals surface area contributed by atoms with E-state index < -0.39 is 0 Å². The van der Waals surface area contributed by atoms with E-state index in [4.69, 9.17) is 0 Å². The molecule has 0 aliphatic heterocycles. The number of thiol groups is 2. The van der Waals surface area contributed by atoms with Crippen LogP contribution in [0.2, 0.25) is 0 Å². The Hall–Kier alpha value is 0.540. The van der Waals surface area contributed by atoms with Gasteiger partial charge in [0.15, 0.2) is 0 Å². The van der Waals surface area contributed by atoms with E-state index in [1.807, 2.05) is 7.05 Å². The molecule has 0 aliphatic rings. The van der Waals surface area contributed by atoms with Crippen molar-refractivity contribution < 1.29 is 0 Å². The second-order valence-corrected chi connectivity index (χ2v) is 5.95. The van der Waals surface area contributed by atoms with Gasteiger partial charge in [-0.05, 0) is 82.6 Å². The molecule has 0 rings (SSSR count). The molecule has 0 bridgehead atoms. The van der Waals surface area contributed by atoms with Crippen LogP contribution in [-0.2, 0) is 0 Å². The molecule has 20 heavy (non-hydrogen) atoms. The van der Waals surface area contributed by atoms with Crippen molar-refractivity contribution in [2.45, 2.75) is 13.3 Å². The maximum absolute atomic E-state index is 4.39. The molecule has 0 aliphatic carbocycles. The Morgan fingerprint density at radius 1 is 0.800 bits per heavy atom. The SMILES string of the molecule is CCNCC(CS)CNCCCNCC(CS)CNC. The van der Waals surface area contributed by atoms with Crippen LogP contribution in [0.15, 0.2) is 0 Å². The van der Waals surface area contributed by atoms with E-state index in [9.17, 15) is 0 Å². The van der Waals surface area contributed by atoms with Crippen LogP contribution in [-0.4, -0.2) is 64.4 Å². The van der Waals surface area contributed by atoms with Crippen LogP contribution in [0.1, 0.15) is 13.3 Å². The van der Waals surface area contributed by atoms with E-state index in [-0.39, 0.29) is 0 Å². The van der Waals surface area contributed by atoms with Crippen molar-refractivity contribution in [1.29, 1.82) is 0 Å². The third kappa shape index (κ3) is 12.3. The number of hydrogen-bond donors (Lipinski definition) is 6. The van der Waals surface area contributed by atoms with E-state index in [2.05, 4.69) is 53.4 Å². The van der Waals surface area contributed by atoms with Crippen LogP contribution in [0, 0.1) is 11.8 Å². The van der Waals surface area contributed by atoms with Crippen LogP contribution in [0.4, 0.5) is 0 Å². The molecule has 0 aromatic rings. The van der Waals surface area contributed by atoms with Gasteiger partial charge in [0.25, 0.3) is 0 Å². The fourth-order valence-corrected chi connectivity index (χ4v) is 2.51. The van der Waals surface area contributed by atoms with Gasteiger partial charge in [0.05, 0.1) is 0 Å². The third-order valence-electron chi connectivity index (χ3n) is 3.27. The molecule has 0 fully saturated rings. The largest absolute Gasteiger partial charge is 0.319 e. The van der Waals surface area contributed by atoms with Gasteiger partial charge in [-0.25, -0.2) is 0 Å². The van der Waals surface area contributed by atoms with Gasteiger partial charge in [0.2, 0.25) is 0 Å².